The maximum Gasteiger partial charge on any atom is 0.417 e. The molecule has 0 spiro atoms. The molecule has 0 saturated carbocycles. The standard InChI is InChI=1S/C36H31F6NO3/c1-22(2)16-32(33(44)43-31(21-46-34(43)45)17-23-6-4-3-5-7-23)28-19-26(24-8-12-29(13-9-24)35(37,38)39)18-27(20-28)25-10-14-30(15-11-25)36(40,41)42/h3-15,18-20,22,31-32H,16-17,21H2,1-2H3/t31-,32-/m1/s1. The molecule has 4 nitrogen and oxygen atoms in total. The second-order valence-electron chi connectivity index (χ2n) is 11.8. The number of hydrogen-bond acceptors (Lipinski definition) is 3. The monoisotopic (exact) mass is 639 g/mol. The molecule has 1 saturated heterocycles. The Kier molecular flexibility index (Phi) is 9.28. The molecule has 0 aliphatic carbocycles. The highest BCUT2D eigenvalue weighted by molar-refractivity contribution is 5.97. The van der Waals surface area contributed by atoms with Crippen LogP contribution >= 0.6 is 0 Å². The molecule has 1 fully saturated rings. The highest BCUT2D eigenvalue weighted by Crippen LogP contribution is 2.38. The molecule has 0 radical (unpaired) electrons. The summed E-state index contributed by atoms with van der Waals surface area (Å²) in [7, 11) is 0. The summed E-state index contributed by atoms with van der Waals surface area (Å²) in [5.74, 6) is -1.35. The lowest BCUT2D eigenvalue weighted by molar-refractivity contribution is -0.138. The van der Waals surface area contributed by atoms with Gasteiger partial charge in [0.15, 0.2) is 0 Å². The molecule has 4 aromatic carbocycles. The van der Waals surface area contributed by atoms with Crippen molar-refractivity contribution in [2.24, 2.45) is 5.92 Å². The van der Waals surface area contributed by atoms with Gasteiger partial charge >= 0.3 is 18.4 Å². The molecule has 2 amide bonds. The van der Waals surface area contributed by atoms with Crippen molar-refractivity contribution >= 4 is 12.0 Å². The van der Waals surface area contributed by atoms with Crippen molar-refractivity contribution in [2.75, 3.05) is 6.61 Å². The maximum absolute atomic E-state index is 14.3. The lowest BCUT2D eigenvalue weighted by Gasteiger charge is -2.27. The first kappa shape index (κ1) is 32.8. The van der Waals surface area contributed by atoms with E-state index < -0.39 is 47.4 Å². The molecule has 5 rings (SSSR count). The number of carbonyl (C=O) groups excluding carboxylic acids is 2. The molecule has 1 aliphatic heterocycles. The molecule has 0 N–H and O–H groups in total. The summed E-state index contributed by atoms with van der Waals surface area (Å²) in [5, 5.41) is 0. The number of nitrogens with zero attached hydrogens (tertiary/aromatic N) is 1. The highest BCUT2D eigenvalue weighted by Gasteiger charge is 2.41. The van der Waals surface area contributed by atoms with Gasteiger partial charge in [-0.05, 0) is 82.5 Å². The number of halogens is 6. The second-order valence-corrected chi connectivity index (χ2v) is 11.8. The molecule has 1 heterocycles. The Morgan fingerprint density at radius 3 is 1.72 bits per heavy atom. The van der Waals surface area contributed by atoms with E-state index >= 15 is 0 Å². The van der Waals surface area contributed by atoms with Crippen LogP contribution in [0.3, 0.4) is 0 Å². The molecule has 4 aromatic rings. The van der Waals surface area contributed by atoms with Crippen LogP contribution < -0.4 is 0 Å². The Balaban J connectivity index is 1.60. The number of rotatable bonds is 8. The molecular weight excluding hydrogens is 608 g/mol. The number of alkyl halides is 6. The molecule has 0 unspecified atom stereocenters. The third kappa shape index (κ3) is 7.43. The average Bonchev–Trinajstić information content (AvgIpc) is 3.38. The molecule has 0 aromatic heterocycles. The third-order valence-corrected chi connectivity index (χ3v) is 7.97. The summed E-state index contributed by atoms with van der Waals surface area (Å²) < 4.78 is 85.1. The zero-order valence-corrected chi connectivity index (χ0v) is 25.0. The fourth-order valence-corrected chi connectivity index (χ4v) is 5.68. The van der Waals surface area contributed by atoms with Crippen molar-refractivity contribution in [1.29, 1.82) is 0 Å². The van der Waals surface area contributed by atoms with Gasteiger partial charge < -0.3 is 4.74 Å². The summed E-state index contributed by atoms with van der Waals surface area (Å²) in [6, 6.07) is 22.9. The average molecular weight is 640 g/mol. The van der Waals surface area contributed by atoms with E-state index in [1.165, 1.54) is 24.3 Å². The first-order valence-corrected chi connectivity index (χ1v) is 14.7. The number of amides is 2. The van der Waals surface area contributed by atoms with Gasteiger partial charge in [-0.2, -0.15) is 26.3 Å². The van der Waals surface area contributed by atoms with Crippen LogP contribution in [0.25, 0.3) is 22.3 Å². The molecule has 1 aliphatic rings. The third-order valence-electron chi connectivity index (χ3n) is 7.97. The van der Waals surface area contributed by atoms with E-state index in [2.05, 4.69) is 0 Å². The lowest BCUT2D eigenvalue weighted by Crippen LogP contribution is -2.43. The molecule has 46 heavy (non-hydrogen) atoms. The number of carbonyl (C=O) groups is 2. The van der Waals surface area contributed by atoms with Crippen LogP contribution in [-0.2, 0) is 28.3 Å². The van der Waals surface area contributed by atoms with Crippen molar-refractivity contribution in [3.05, 3.63) is 119 Å². The summed E-state index contributed by atoms with van der Waals surface area (Å²) in [6.07, 6.45) is -9.14. The Labute approximate surface area is 262 Å². The van der Waals surface area contributed by atoms with E-state index in [-0.39, 0.29) is 12.5 Å². The van der Waals surface area contributed by atoms with Gasteiger partial charge in [-0.1, -0.05) is 80.6 Å². The van der Waals surface area contributed by atoms with Gasteiger partial charge in [0.2, 0.25) is 5.91 Å². The minimum Gasteiger partial charge on any atom is -0.447 e. The van der Waals surface area contributed by atoms with E-state index in [0.29, 0.717) is 40.7 Å². The zero-order valence-electron chi connectivity index (χ0n) is 25.0. The Hall–Kier alpha value is -4.60. The lowest BCUT2D eigenvalue weighted by atomic mass is 9.85. The first-order chi connectivity index (χ1) is 21.7. The first-order valence-electron chi connectivity index (χ1n) is 14.7. The number of ether oxygens (including phenoxy) is 1. The Bertz CT molecular complexity index is 1600. The molecule has 240 valence electrons. The van der Waals surface area contributed by atoms with Gasteiger partial charge in [0.25, 0.3) is 0 Å². The van der Waals surface area contributed by atoms with Crippen LogP contribution in [0.4, 0.5) is 31.1 Å². The van der Waals surface area contributed by atoms with Crippen LogP contribution in [0.15, 0.2) is 97.1 Å². The van der Waals surface area contributed by atoms with Crippen molar-refractivity contribution in [1.82, 2.24) is 4.90 Å². The maximum atomic E-state index is 14.3. The predicted molar refractivity (Wildman–Crippen MR) is 162 cm³/mol. The SMILES string of the molecule is CC(C)C[C@@H](C(=O)N1C(=O)OC[C@H]1Cc1ccccc1)c1cc(-c2ccc(C(F)(F)F)cc2)cc(-c2ccc(C(F)(F)F)cc2)c1. The van der Waals surface area contributed by atoms with Crippen LogP contribution in [0.5, 0.6) is 0 Å². The Morgan fingerprint density at radius 1 is 0.761 bits per heavy atom. The number of hydrogen-bond donors (Lipinski definition) is 0. The van der Waals surface area contributed by atoms with Gasteiger partial charge in [0.05, 0.1) is 23.1 Å². The quantitative estimate of drug-likeness (QED) is 0.180. The Morgan fingerprint density at radius 2 is 1.26 bits per heavy atom. The minimum absolute atomic E-state index is 0.00982. The fourth-order valence-electron chi connectivity index (χ4n) is 5.68. The highest BCUT2D eigenvalue weighted by atomic mass is 19.4. The number of imide groups is 1. The van der Waals surface area contributed by atoms with E-state index in [4.69, 9.17) is 4.74 Å². The zero-order chi connectivity index (χ0) is 33.2. The summed E-state index contributed by atoms with van der Waals surface area (Å²) in [6.45, 7) is 3.86. The molecular formula is C36H31F6NO3. The number of benzene rings is 4. The summed E-state index contributed by atoms with van der Waals surface area (Å²) in [4.78, 5) is 28.4. The van der Waals surface area contributed by atoms with Crippen LogP contribution in [0.1, 0.15) is 48.4 Å². The smallest absolute Gasteiger partial charge is 0.417 e. The molecule has 2 atom stereocenters. The molecule has 0 bridgehead atoms. The minimum atomic E-state index is -4.54. The van der Waals surface area contributed by atoms with E-state index in [0.717, 1.165) is 34.7 Å². The fraction of sp³-hybridized carbons (Fsp3) is 0.278. The van der Waals surface area contributed by atoms with E-state index in [1.54, 1.807) is 18.2 Å². The van der Waals surface area contributed by atoms with Crippen molar-refractivity contribution < 1.29 is 40.7 Å². The normalized spacial score (nSPS) is 16.1. The predicted octanol–water partition coefficient (Wildman–Crippen LogP) is 9.78. The van der Waals surface area contributed by atoms with Gasteiger partial charge in [-0.15, -0.1) is 0 Å². The largest absolute Gasteiger partial charge is 0.447 e. The number of cyclic esters (lactones) is 1. The van der Waals surface area contributed by atoms with E-state index in [1.807, 2.05) is 44.2 Å². The van der Waals surface area contributed by atoms with Crippen molar-refractivity contribution in [2.45, 2.75) is 51.0 Å². The molecule has 10 heteroatoms. The van der Waals surface area contributed by atoms with Crippen molar-refractivity contribution in [3.63, 3.8) is 0 Å². The van der Waals surface area contributed by atoms with Gasteiger partial charge in [0, 0.05) is 0 Å². The van der Waals surface area contributed by atoms with Gasteiger partial charge in [-0.3, -0.25) is 4.79 Å². The van der Waals surface area contributed by atoms with Crippen LogP contribution in [0, 0.1) is 5.92 Å². The summed E-state index contributed by atoms with van der Waals surface area (Å²) >= 11 is 0. The second kappa shape index (κ2) is 13.0. The van der Waals surface area contributed by atoms with E-state index in [9.17, 15) is 35.9 Å². The topological polar surface area (TPSA) is 46.6 Å². The van der Waals surface area contributed by atoms with Gasteiger partial charge in [0.1, 0.15) is 6.61 Å². The van der Waals surface area contributed by atoms with Gasteiger partial charge in [-0.25, -0.2) is 9.69 Å². The van der Waals surface area contributed by atoms with Crippen molar-refractivity contribution in [3.8, 4) is 22.3 Å². The summed E-state index contributed by atoms with van der Waals surface area (Å²) in [5.41, 5.74) is 1.49. The van der Waals surface area contributed by atoms with Crippen LogP contribution in [-0.4, -0.2) is 29.5 Å². The van der Waals surface area contributed by atoms with Crippen LogP contribution in [0.2, 0.25) is 0 Å².